The molecule has 1 aliphatic rings. The number of nitrogens with two attached hydrogens (primary N) is 1. The van der Waals surface area contributed by atoms with Gasteiger partial charge in [0.2, 0.25) is 5.91 Å². The third kappa shape index (κ3) is 1.85. The summed E-state index contributed by atoms with van der Waals surface area (Å²) in [5, 5.41) is 2.78. The summed E-state index contributed by atoms with van der Waals surface area (Å²) < 4.78 is 0. The molecule has 68 valence electrons. The SMILES string of the molecule is C/C=C/CNC(=O)C1(N)CCC1. The normalized spacial score (nSPS) is 20.5. The summed E-state index contributed by atoms with van der Waals surface area (Å²) in [4.78, 5) is 11.4. The number of allylic oxidation sites excluding steroid dienone is 1. The summed E-state index contributed by atoms with van der Waals surface area (Å²) in [6.07, 6.45) is 6.54. The molecular formula is C9H16N2O. The molecule has 0 aromatic heterocycles. The molecule has 0 aliphatic heterocycles. The summed E-state index contributed by atoms with van der Waals surface area (Å²) in [5.74, 6) is -0.00755. The minimum atomic E-state index is -0.554. The van der Waals surface area contributed by atoms with E-state index in [2.05, 4.69) is 5.32 Å². The first-order valence-electron chi connectivity index (χ1n) is 4.37. The van der Waals surface area contributed by atoms with Gasteiger partial charge in [-0.15, -0.1) is 0 Å². The highest BCUT2D eigenvalue weighted by Crippen LogP contribution is 2.28. The lowest BCUT2D eigenvalue weighted by Gasteiger charge is -2.36. The number of nitrogens with one attached hydrogen (secondary N) is 1. The van der Waals surface area contributed by atoms with Gasteiger partial charge in [0.15, 0.2) is 0 Å². The van der Waals surface area contributed by atoms with Gasteiger partial charge in [-0.1, -0.05) is 12.2 Å². The predicted octanol–water partition coefficient (Wildman–Crippen LogP) is 0.560. The molecule has 0 atom stereocenters. The number of amides is 1. The second-order valence-electron chi connectivity index (χ2n) is 3.29. The number of carbonyl (C=O) groups excluding carboxylic acids is 1. The van der Waals surface area contributed by atoms with Crippen LogP contribution in [0.1, 0.15) is 26.2 Å². The Hall–Kier alpha value is -0.830. The molecule has 3 heteroatoms. The topological polar surface area (TPSA) is 55.1 Å². The van der Waals surface area contributed by atoms with Crippen LogP contribution in [0, 0.1) is 0 Å². The summed E-state index contributed by atoms with van der Waals surface area (Å²) in [6, 6.07) is 0. The van der Waals surface area contributed by atoms with Crippen molar-refractivity contribution in [3.05, 3.63) is 12.2 Å². The number of hydrogen-bond acceptors (Lipinski definition) is 2. The fourth-order valence-corrected chi connectivity index (χ4v) is 1.23. The fraction of sp³-hybridized carbons (Fsp3) is 0.667. The maximum atomic E-state index is 11.4. The molecule has 1 aliphatic carbocycles. The van der Waals surface area contributed by atoms with Gasteiger partial charge in [0.25, 0.3) is 0 Å². The van der Waals surface area contributed by atoms with Gasteiger partial charge < -0.3 is 11.1 Å². The van der Waals surface area contributed by atoms with E-state index in [-0.39, 0.29) is 5.91 Å². The van der Waals surface area contributed by atoms with Crippen LogP contribution in [0.15, 0.2) is 12.2 Å². The zero-order chi connectivity index (χ0) is 9.03. The van der Waals surface area contributed by atoms with Crippen molar-refractivity contribution in [2.45, 2.75) is 31.7 Å². The van der Waals surface area contributed by atoms with E-state index in [1.54, 1.807) is 0 Å². The zero-order valence-electron chi connectivity index (χ0n) is 7.47. The van der Waals surface area contributed by atoms with Crippen LogP contribution in [-0.4, -0.2) is 18.0 Å². The van der Waals surface area contributed by atoms with E-state index in [1.165, 1.54) is 0 Å². The Kier molecular flexibility index (Phi) is 2.87. The molecule has 3 nitrogen and oxygen atoms in total. The average molecular weight is 168 g/mol. The predicted molar refractivity (Wildman–Crippen MR) is 48.6 cm³/mol. The molecule has 0 unspecified atom stereocenters. The van der Waals surface area contributed by atoms with Crippen molar-refractivity contribution in [2.75, 3.05) is 6.54 Å². The fourth-order valence-electron chi connectivity index (χ4n) is 1.23. The summed E-state index contributed by atoms with van der Waals surface area (Å²) in [7, 11) is 0. The maximum Gasteiger partial charge on any atom is 0.240 e. The van der Waals surface area contributed by atoms with Crippen LogP contribution in [0.5, 0.6) is 0 Å². The van der Waals surface area contributed by atoms with E-state index >= 15 is 0 Å². The molecule has 0 saturated heterocycles. The molecule has 0 bridgehead atoms. The maximum absolute atomic E-state index is 11.4. The van der Waals surface area contributed by atoms with Crippen LogP contribution in [0.2, 0.25) is 0 Å². The smallest absolute Gasteiger partial charge is 0.240 e. The Morgan fingerprint density at radius 3 is 2.75 bits per heavy atom. The molecule has 0 spiro atoms. The van der Waals surface area contributed by atoms with Crippen molar-refractivity contribution < 1.29 is 4.79 Å². The molecule has 1 saturated carbocycles. The van der Waals surface area contributed by atoms with Crippen LogP contribution in [0.3, 0.4) is 0 Å². The Labute approximate surface area is 73.0 Å². The van der Waals surface area contributed by atoms with E-state index < -0.39 is 5.54 Å². The molecule has 12 heavy (non-hydrogen) atoms. The first-order valence-corrected chi connectivity index (χ1v) is 4.37. The van der Waals surface area contributed by atoms with Gasteiger partial charge in [-0.3, -0.25) is 4.79 Å². The van der Waals surface area contributed by atoms with Crippen LogP contribution < -0.4 is 11.1 Å². The Bertz CT molecular complexity index is 195. The van der Waals surface area contributed by atoms with Crippen LogP contribution >= 0.6 is 0 Å². The van der Waals surface area contributed by atoms with Crippen molar-refractivity contribution in [1.29, 1.82) is 0 Å². The highest BCUT2D eigenvalue weighted by molar-refractivity contribution is 5.87. The lowest BCUT2D eigenvalue weighted by molar-refractivity contribution is -0.128. The number of carbonyl (C=O) groups is 1. The summed E-state index contributed by atoms with van der Waals surface area (Å²) >= 11 is 0. The standard InChI is InChI=1S/C9H16N2O/c1-2-3-7-11-8(12)9(10)5-4-6-9/h2-3H,4-7,10H2,1H3,(H,11,12)/b3-2+. The van der Waals surface area contributed by atoms with Crippen molar-refractivity contribution in [3.63, 3.8) is 0 Å². The summed E-state index contributed by atoms with van der Waals surface area (Å²) in [6.45, 7) is 2.52. The third-order valence-electron chi connectivity index (χ3n) is 2.31. The first-order chi connectivity index (χ1) is 5.69. The van der Waals surface area contributed by atoms with Gasteiger partial charge in [-0.25, -0.2) is 0 Å². The second-order valence-corrected chi connectivity index (χ2v) is 3.29. The molecule has 1 rings (SSSR count). The Morgan fingerprint density at radius 1 is 1.67 bits per heavy atom. The average Bonchev–Trinajstić information content (AvgIpc) is 2.00. The quantitative estimate of drug-likeness (QED) is 0.605. The highest BCUT2D eigenvalue weighted by Gasteiger charge is 2.39. The summed E-state index contributed by atoms with van der Waals surface area (Å²) in [5.41, 5.74) is 5.24. The lowest BCUT2D eigenvalue weighted by atomic mass is 9.77. The van der Waals surface area contributed by atoms with E-state index in [0.29, 0.717) is 6.54 Å². The monoisotopic (exact) mass is 168 g/mol. The molecule has 0 heterocycles. The molecule has 0 aromatic carbocycles. The van der Waals surface area contributed by atoms with Gasteiger partial charge in [-0.05, 0) is 26.2 Å². The van der Waals surface area contributed by atoms with Crippen LogP contribution in [0.25, 0.3) is 0 Å². The molecule has 0 aromatic rings. The van der Waals surface area contributed by atoms with Crippen molar-refractivity contribution in [3.8, 4) is 0 Å². The van der Waals surface area contributed by atoms with E-state index in [4.69, 9.17) is 5.73 Å². The van der Waals surface area contributed by atoms with E-state index in [1.807, 2.05) is 19.1 Å². The zero-order valence-corrected chi connectivity index (χ0v) is 7.47. The first kappa shape index (κ1) is 9.26. The Morgan fingerprint density at radius 2 is 2.33 bits per heavy atom. The van der Waals surface area contributed by atoms with Gasteiger partial charge in [0, 0.05) is 6.54 Å². The van der Waals surface area contributed by atoms with E-state index in [0.717, 1.165) is 19.3 Å². The Balaban J connectivity index is 2.28. The minimum Gasteiger partial charge on any atom is -0.351 e. The van der Waals surface area contributed by atoms with Gasteiger partial charge >= 0.3 is 0 Å². The van der Waals surface area contributed by atoms with E-state index in [9.17, 15) is 4.79 Å². The molecular weight excluding hydrogens is 152 g/mol. The molecule has 3 N–H and O–H groups in total. The van der Waals surface area contributed by atoms with Crippen molar-refractivity contribution in [2.24, 2.45) is 5.73 Å². The molecule has 0 radical (unpaired) electrons. The van der Waals surface area contributed by atoms with Crippen molar-refractivity contribution in [1.82, 2.24) is 5.32 Å². The second kappa shape index (κ2) is 3.72. The molecule has 1 amide bonds. The lowest BCUT2D eigenvalue weighted by Crippen LogP contribution is -2.58. The molecule has 1 fully saturated rings. The largest absolute Gasteiger partial charge is 0.351 e. The van der Waals surface area contributed by atoms with Crippen LogP contribution in [-0.2, 0) is 4.79 Å². The third-order valence-corrected chi connectivity index (χ3v) is 2.31. The highest BCUT2D eigenvalue weighted by atomic mass is 16.2. The van der Waals surface area contributed by atoms with Gasteiger partial charge in [0.05, 0.1) is 5.54 Å². The number of rotatable bonds is 3. The van der Waals surface area contributed by atoms with Crippen molar-refractivity contribution >= 4 is 5.91 Å². The van der Waals surface area contributed by atoms with Gasteiger partial charge in [0.1, 0.15) is 0 Å². The van der Waals surface area contributed by atoms with Crippen LogP contribution in [0.4, 0.5) is 0 Å². The number of hydrogen-bond donors (Lipinski definition) is 2. The minimum absolute atomic E-state index is 0.00755. The van der Waals surface area contributed by atoms with Gasteiger partial charge in [-0.2, -0.15) is 0 Å².